The normalized spacial score (nSPS) is 14.7. The largest absolute Gasteiger partial charge is 0.573 e. The van der Waals surface area contributed by atoms with Gasteiger partial charge in [0.2, 0.25) is 5.95 Å². The van der Waals surface area contributed by atoms with E-state index in [1.54, 1.807) is 12.1 Å². The monoisotopic (exact) mass is 456 g/mol. The Morgan fingerprint density at radius 2 is 1.73 bits per heavy atom. The molecular formula is C25H27F3N4O. The van der Waals surface area contributed by atoms with E-state index in [4.69, 9.17) is 0 Å². The molecule has 1 fully saturated rings. The Balaban J connectivity index is 1.69. The maximum atomic E-state index is 12.7. The summed E-state index contributed by atoms with van der Waals surface area (Å²) in [7, 11) is 0. The van der Waals surface area contributed by atoms with E-state index in [9.17, 15) is 13.2 Å². The first kappa shape index (κ1) is 22.9. The second-order valence-corrected chi connectivity index (χ2v) is 8.46. The summed E-state index contributed by atoms with van der Waals surface area (Å²) in [5.74, 6) is 0.730. The molecule has 8 heteroatoms. The minimum Gasteiger partial charge on any atom is -0.406 e. The average Bonchev–Trinajstić information content (AvgIpc) is 2.76. The highest BCUT2D eigenvalue weighted by Gasteiger charge is 2.31. The van der Waals surface area contributed by atoms with E-state index in [1.807, 2.05) is 32.0 Å². The SMILES string of the molecule is Cc1ccc(C)c(Nc2cc(-c3cccc(OC(F)(F)F)c3)nc(NC3CCCCC3)n2)c1. The number of hydrogen-bond donors (Lipinski definition) is 2. The van der Waals surface area contributed by atoms with Crippen LogP contribution >= 0.6 is 0 Å². The minimum absolute atomic E-state index is 0.280. The van der Waals surface area contributed by atoms with Crippen molar-refractivity contribution in [1.29, 1.82) is 0 Å². The number of rotatable bonds is 6. The molecule has 0 radical (unpaired) electrons. The number of benzene rings is 2. The molecule has 0 aliphatic heterocycles. The number of hydrogen-bond acceptors (Lipinski definition) is 5. The maximum absolute atomic E-state index is 12.7. The van der Waals surface area contributed by atoms with Gasteiger partial charge in [-0.15, -0.1) is 13.2 Å². The van der Waals surface area contributed by atoms with Crippen LogP contribution in [0.25, 0.3) is 11.3 Å². The summed E-state index contributed by atoms with van der Waals surface area (Å²) in [6, 6.07) is 13.9. The van der Waals surface area contributed by atoms with Gasteiger partial charge in [0.15, 0.2) is 0 Å². The second kappa shape index (κ2) is 9.68. The quantitative estimate of drug-likeness (QED) is 0.413. The van der Waals surface area contributed by atoms with Gasteiger partial charge in [0.05, 0.1) is 5.69 Å². The molecule has 1 aromatic heterocycles. The van der Waals surface area contributed by atoms with Gasteiger partial charge < -0.3 is 15.4 Å². The molecule has 2 N–H and O–H groups in total. The van der Waals surface area contributed by atoms with Gasteiger partial charge in [-0.25, -0.2) is 4.98 Å². The predicted molar refractivity (Wildman–Crippen MR) is 124 cm³/mol. The zero-order valence-electron chi connectivity index (χ0n) is 18.7. The van der Waals surface area contributed by atoms with E-state index in [1.165, 1.54) is 24.6 Å². The van der Waals surface area contributed by atoms with Crippen LogP contribution in [0.4, 0.5) is 30.6 Å². The van der Waals surface area contributed by atoms with Gasteiger partial charge in [0, 0.05) is 23.4 Å². The van der Waals surface area contributed by atoms with E-state index in [0.29, 0.717) is 23.0 Å². The fourth-order valence-corrected chi connectivity index (χ4v) is 4.01. The van der Waals surface area contributed by atoms with Crippen LogP contribution in [0.1, 0.15) is 43.2 Å². The molecule has 0 spiro atoms. The van der Waals surface area contributed by atoms with Crippen molar-refractivity contribution in [3.05, 3.63) is 59.7 Å². The summed E-state index contributed by atoms with van der Waals surface area (Å²) in [5.41, 5.74) is 4.09. The van der Waals surface area contributed by atoms with Crippen molar-refractivity contribution in [2.24, 2.45) is 0 Å². The minimum atomic E-state index is -4.76. The van der Waals surface area contributed by atoms with Gasteiger partial charge in [0.1, 0.15) is 11.6 Å². The lowest BCUT2D eigenvalue weighted by atomic mass is 9.96. The van der Waals surface area contributed by atoms with E-state index >= 15 is 0 Å². The van der Waals surface area contributed by atoms with E-state index in [0.717, 1.165) is 42.5 Å². The van der Waals surface area contributed by atoms with Crippen molar-refractivity contribution in [2.45, 2.75) is 58.4 Å². The lowest BCUT2D eigenvalue weighted by Crippen LogP contribution is -2.23. The molecule has 2 aromatic carbocycles. The molecule has 0 atom stereocenters. The molecule has 3 aromatic rings. The Kier molecular flexibility index (Phi) is 6.72. The number of nitrogens with zero attached hydrogens (tertiary/aromatic N) is 2. The van der Waals surface area contributed by atoms with Crippen LogP contribution in [-0.2, 0) is 0 Å². The highest BCUT2D eigenvalue weighted by molar-refractivity contribution is 5.69. The number of alkyl halides is 3. The molecule has 1 aliphatic carbocycles. The summed E-state index contributed by atoms with van der Waals surface area (Å²) in [6.07, 6.45) is 0.867. The standard InChI is InChI=1S/C25H27F3N4O/c1-16-11-12-17(2)21(13-16)30-23-15-22(18-7-6-10-20(14-18)33-25(26,27)28)31-24(32-23)29-19-8-4-3-5-9-19/h6-7,10-15,19H,3-5,8-9H2,1-2H3,(H2,29,30,31,32). The predicted octanol–water partition coefficient (Wildman–Crippen LogP) is 7.15. The number of nitrogens with one attached hydrogen (secondary N) is 2. The first-order chi connectivity index (χ1) is 15.7. The van der Waals surface area contributed by atoms with Crippen molar-refractivity contribution in [3.8, 4) is 17.0 Å². The third kappa shape index (κ3) is 6.37. The first-order valence-electron chi connectivity index (χ1n) is 11.1. The molecule has 174 valence electrons. The maximum Gasteiger partial charge on any atom is 0.573 e. The fourth-order valence-electron chi connectivity index (χ4n) is 4.01. The molecule has 0 unspecified atom stereocenters. The van der Waals surface area contributed by atoms with E-state index in [-0.39, 0.29) is 11.8 Å². The Morgan fingerprint density at radius 1 is 0.939 bits per heavy atom. The molecule has 0 saturated heterocycles. The number of aromatic nitrogens is 2. The van der Waals surface area contributed by atoms with Crippen LogP contribution in [0, 0.1) is 13.8 Å². The summed E-state index contributed by atoms with van der Waals surface area (Å²) in [5, 5.41) is 6.77. The molecule has 0 amide bonds. The van der Waals surface area contributed by atoms with Crippen LogP contribution in [0.2, 0.25) is 0 Å². The Hall–Kier alpha value is -3.29. The molecule has 33 heavy (non-hydrogen) atoms. The highest BCUT2D eigenvalue weighted by Crippen LogP contribution is 2.30. The first-order valence-corrected chi connectivity index (χ1v) is 11.1. The van der Waals surface area contributed by atoms with Crippen LogP contribution in [0.3, 0.4) is 0 Å². The van der Waals surface area contributed by atoms with Crippen molar-refractivity contribution in [1.82, 2.24) is 9.97 Å². The summed E-state index contributed by atoms with van der Waals surface area (Å²) >= 11 is 0. The topological polar surface area (TPSA) is 59.1 Å². The summed E-state index contributed by atoms with van der Waals surface area (Å²) < 4.78 is 42.2. The average molecular weight is 457 g/mol. The van der Waals surface area contributed by atoms with Gasteiger partial charge >= 0.3 is 6.36 Å². The smallest absolute Gasteiger partial charge is 0.406 e. The van der Waals surface area contributed by atoms with Crippen molar-refractivity contribution < 1.29 is 17.9 Å². The van der Waals surface area contributed by atoms with E-state index in [2.05, 4.69) is 25.3 Å². The Labute approximate surface area is 191 Å². The van der Waals surface area contributed by atoms with Crippen LogP contribution in [0.15, 0.2) is 48.5 Å². The second-order valence-electron chi connectivity index (χ2n) is 8.46. The van der Waals surface area contributed by atoms with E-state index < -0.39 is 6.36 Å². The van der Waals surface area contributed by atoms with Crippen LogP contribution < -0.4 is 15.4 Å². The third-order valence-electron chi connectivity index (χ3n) is 5.68. The number of ether oxygens (including phenoxy) is 1. The third-order valence-corrected chi connectivity index (χ3v) is 5.68. The summed E-state index contributed by atoms with van der Waals surface area (Å²) in [4.78, 5) is 9.27. The summed E-state index contributed by atoms with van der Waals surface area (Å²) in [6.45, 7) is 4.02. The molecule has 1 heterocycles. The van der Waals surface area contributed by atoms with Crippen molar-refractivity contribution >= 4 is 17.5 Å². The zero-order chi connectivity index (χ0) is 23.4. The van der Waals surface area contributed by atoms with Crippen molar-refractivity contribution in [3.63, 3.8) is 0 Å². The molecular weight excluding hydrogens is 429 g/mol. The van der Waals surface area contributed by atoms with Crippen LogP contribution in [-0.4, -0.2) is 22.4 Å². The molecule has 5 nitrogen and oxygen atoms in total. The highest BCUT2D eigenvalue weighted by atomic mass is 19.4. The molecule has 0 bridgehead atoms. The number of halogens is 3. The van der Waals surface area contributed by atoms with Gasteiger partial charge in [-0.1, -0.05) is 43.5 Å². The molecule has 4 rings (SSSR count). The molecule has 1 aliphatic rings. The zero-order valence-corrected chi connectivity index (χ0v) is 18.7. The Morgan fingerprint density at radius 3 is 2.48 bits per heavy atom. The number of anilines is 3. The lowest BCUT2D eigenvalue weighted by Gasteiger charge is -2.23. The van der Waals surface area contributed by atoms with Gasteiger partial charge in [0.25, 0.3) is 0 Å². The van der Waals surface area contributed by atoms with Gasteiger partial charge in [-0.05, 0) is 56.0 Å². The molecule has 1 saturated carbocycles. The van der Waals surface area contributed by atoms with Crippen LogP contribution in [0.5, 0.6) is 5.75 Å². The fraction of sp³-hybridized carbons (Fsp3) is 0.360. The number of aryl methyl sites for hydroxylation is 2. The van der Waals surface area contributed by atoms with Crippen molar-refractivity contribution in [2.75, 3.05) is 10.6 Å². The Bertz CT molecular complexity index is 1110. The van der Waals surface area contributed by atoms with Gasteiger partial charge in [-0.3, -0.25) is 0 Å². The van der Waals surface area contributed by atoms with Gasteiger partial charge in [-0.2, -0.15) is 4.98 Å². The lowest BCUT2D eigenvalue weighted by molar-refractivity contribution is -0.274.